The molecule has 1 heterocycles. The van der Waals surface area contributed by atoms with Crippen LogP contribution in [0.2, 0.25) is 0 Å². The fourth-order valence-electron chi connectivity index (χ4n) is 5.13. The third kappa shape index (κ3) is 5.32. The SMILES string of the molecule is O=C(O)CN(CC1CC1)C(=O)[C@@H]1CO[C@H](CNC(=O)OCC2c3ccccc3-c3ccccc32)C1. The molecular weight excluding hydrogens is 448 g/mol. The molecule has 0 aromatic heterocycles. The molecule has 2 aliphatic carbocycles. The number of ether oxygens (including phenoxy) is 2. The standard InChI is InChI=1S/C27H30N2O6/c30-25(31)14-29(13-17-9-10-17)26(32)18-11-19(34-15-18)12-28-27(33)35-16-24-22-7-3-1-5-20(22)21-6-2-4-8-23(21)24/h1-8,17-19,24H,9-16H2,(H,28,33)(H,30,31)/t18-,19-/m0/s1. The largest absolute Gasteiger partial charge is 0.480 e. The van der Waals surface area contributed by atoms with Crippen molar-refractivity contribution in [3.8, 4) is 11.1 Å². The second-order valence-electron chi connectivity index (χ2n) is 9.65. The highest BCUT2D eigenvalue weighted by Gasteiger charge is 2.36. The molecule has 1 aliphatic heterocycles. The van der Waals surface area contributed by atoms with E-state index in [4.69, 9.17) is 14.6 Å². The van der Waals surface area contributed by atoms with E-state index >= 15 is 0 Å². The lowest BCUT2D eigenvalue weighted by Gasteiger charge is -2.23. The number of nitrogens with one attached hydrogen (secondary N) is 1. The quantitative estimate of drug-likeness (QED) is 0.573. The minimum atomic E-state index is -1.01. The van der Waals surface area contributed by atoms with Crippen LogP contribution < -0.4 is 5.32 Å². The maximum absolute atomic E-state index is 12.8. The predicted molar refractivity (Wildman–Crippen MR) is 128 cm³/mol. The van der Waals surface area contributed by atoms with Crippen LogP contribution in [0.1, 0.15) is 36.3 Å². The first kappa shape index (κ1) is 23.4. The number of hydrogen-bond acceptors (Lipinski definition) is 5. The molecule has 184 valence electrons. The van der Waals surface area contributed by atoms with Crippen LogP contribution in [0.15, 0.2) is 48.5 Å². The third-order valence-corrected chi connectivity index (χ3v) is 7.06. The minimum Gasteiger partial charge on any atom is -0.480 e. The summed E-state index contributed by atoms with van der Waals surface area (Å²) in [5.41, 5.74) is 4.65. The molecule has 2 amide bonds. The van der Waals surface area contributed by atoms with Gasteiger partial charge in [0.1, 0.15) is 13.2 Å². The second kappa shape index (κ2) is 10.1. The number of benzene rings is 2. The Balaban J connectivity index is 1.10. The molecule has 2 N–H and O–H groups in total. The van der Waals surface area contributed by atoms with E-state index in [2.05, 4.69) is 29.6 Å². The number of carboxylic acid groups (broad SMARTS) is 1. The Labute approximate surface area is 204 Å². The molecule has 2 atom stereocenters. The summed E-state index contributed by atoms with van der Waals surface area (Å²) < 4.78 is 11.3. The van der Waals surface area contributed by atoms with Crippen LogP contribution >= 0.6 is 0 Å². The highest BCUT2D eigenvalue weighted by molar-refractivity contribution is 5.83. The number of carbonyl (C=O) groups excluding carboxylic acids is 2. The first-order valence-electron chi connectivity index (χ1n) is 12.2. The Morgan fingerprint density at radius 2 is 1.69 bits per heavy atom. The molecule has 35 heavy (non-hydrogen) atoms. The summed E-state index contributed by atoms with van der Waals surface area (Å²) in [5.74, 6) is -1.17. The van der Waals surface area contributed by atoms with Crippen LogP contribution in [0.25, 0.3) is 11.1 Å². The number of nitrogens with zero attached hydrogens (tertiary/aromatic N) is 1. The summed E-state index contributed by atoms with van der Waals surface area (Å²) in [6, 6.07) is 16.3. The zero-order valence-electron chi connectivity index (χ0n) is 19.5. The molecule has 5 rings (SSSR count). The van der Waals surface area contributed by atoms with Crippen molar-refractivity contribution in [3.05, 3.63) is 59.7 Å². The fourth-order valence-corrected chi connectivity index (χ4v) is 5.13. The molecule has 3 aliphatic rings. The van der Waals surface area contributed by atoms with Crippen LogP contribution in [0, 0.1) is 11.8 Å². The van der Waals surface area contributed by atoms with Crippen LogP contribution in [-0.4, -0.2) is 66.9 Å². The Kier molecular flexibility index (Phi) is 6.72. The Bertz CT molecular complexity index is 1070. The van der Waals surface area contributed by atoms with E-state index < -0.39 is 12.1 Å². The van der Waals surface area contributed by atoms with Gasteiger partial charge in [-0.2, -0.15) is 0 Å². The van der Waals surface area contributed by atoms with E-state index in [-0.39, 0.29) is 50.2 Å². The molecule has 1 saturated carbocycles. The van der Waals surface area contributed by atoms with E-state index in [1.54, 1.807) is 0 Å². The summed E-state index contributed by atoms with van der Waals surface area (Å²) in [4.78, 5) is 37.9. The predicted octanol–water partition coefficient (Wildman–Crippen LogP) is 3.25. The van der Waals surface area contributed by atoms with Gasteiger partial charge in [-0.25, -0.2) is 4.79 Å². The average molecular weight is 479 g/mol. The van der Waals surface area contributed by atoms with E-state index in [0.717, 1.165) is 24.0 Å². The van der Waals surface area contributed by atoms with Crippen molar-refractivity contribution in [1.29, 1.82) is 0 Å². The lowest BCUT2D eigenvalue weighted by molar-refractivity contribution is -0.146. The molecule has 8 nitrogen and oxygen atoms in total. The van der Waals surface area contributed by atoms with Crippen LogP contribution in [0.4, 0.5) is 4.79 Å². The highest BCUT2D eigenvalue weighted by Crippen LogP contribution is 2.44. The first-order chi connectivity index (χ1) is 17.0. The topological polar surface area (TPSA) is 105 Å². The molecule has 2 aromatic rings. The maximum atomic E-state index is 12.8. The smallest absolute Gasteiger partial charge is 0.407 e. The monoisotopic (exact) mass is 478 g/mol. The highest BCUT2D eigenvalue weighted by atomic mass is 16.5. The Morgan fingerprint density at radius 3 is 2.31 bits per heavy atom. The van der Waals surface area contributed by atoms with Gasteiger partial charge in [0.2, 0.25) is 5.91 Å². The van der Waals surface area contributed by atoms with Crippen molar-refractivity contribution in [1.82, 2.24) is 10.2 Å². The lowest BCUT2D eigenvalue weighted by atomic mass is 9.98. The summed E-state index contributed by atoms with van der Waals surface area (Å²) in [6.07, 6.45) is 1.70. The van der Waals surface area contributed by atoms with Gasteiger partial charge in [0.25, 0.3) is 0 Å². The molecule has 2 fully saturated rings. The van der Waals surface area contributed by atoms with Crippen molar-refractivity contribution >= 4 is 18.0 Å². The number of alkyl carbamates (subject to hydrolysis) is 1. The fraction of sp³-hybridized carbons (Fsp3) is 0.444. The van der Waals surface area contributed by atoms with Crippen LogP contribution in [-0.2, 0) is 19.1 Å². The third-order valence-electron chi connectivity index (χ3n) is 7.06. The van der Waals surface area contributed by atoms with Gasteiger partial charge in [-0.05, 0) is 47.4 Å². The number of carbonyl (C=O) groups is 3. The van der Waals surface area contributed by atoms with Crippen LogP contribution in [0.3, 0.4) is 0 Å². The van der Waals surface area contributed by atoms with Gasteiger partial charge in [0.05, 0.1) is 18.6 Å². The van der Waals surface area contributed by atoms with E-state index in [1.165, 1.54) is 16.0 Å². The van der Waals surface area contributed by atoms with Gasteiger partial charge in [0.15, 0.2) is 0 Å². The summed E-state index contributed by atoms with van der Waals surface area (Å²) in [5, 5.41) is 11.9. The van der Waals surface area contributed by atoms with Gasteiger partial charge in [-0.15, -0.1) is 0 Å². The molecule has 2 aromatic carbocycles. The number of aliphatic carboxylic acids is 1. The van der Waals surface area contributed by atoms with Gasteiger partial charge in [0, 0.05) is 19.0 Å². The zero-order valence-corrected chi connectivity index (χ0v) is 19.5. The van der Waals surface area contributed by atoms with Crippen LogP contribution in [0.5, 0.6) is 0 Å². The average Bonchev–Trinajstić information content (AvgIpc) is 3.45. The number of rotatable bonds is 9. The number of carboxylic acids is 1. The van der Waals surface area contributed by atoms with E-state index in [1.807, 2.05) is 24.3 Å². The van der Waals surface area contributed by atoms with Gasteiger partial charge in [-0.1, -0.05) is 48.5 Å². The number of fused-ring (bicyclic) bond motifs is 3. The number of amides is 2. The molecule has 0 bridgehead atoms. The first-order valence-corrected chi connectivity index (χ1v) is 12.2. The van der Waals surface area contributed by atoms with Gasteiger partial charge < -0.3 is 24.8 Å². The van der Waals surface area contributed by atoms with Crippen molar-refractivity contribution in [2.75, 3.05) is 32.8 Å². The van der Waals surface area contributed by atoms with Crippen molar-refractivity contribution in [2.24, 2.45) is 11.8 Å². The molecule has 0 radical (unpaired) electrons. The Hall–Kier alpha value is -3.39. The molecule has 8 heteroatoms. The summed E-state index contributed by atoms with van der Waals surface area (Å²) in [6.45, 7) is 0.912. The summed E-state index contributed by atoms with van der Waals surface area (Å²) >= 11 is 0. The zero-order chi connectivity index (χ0) is 24.4. The maximum Gasteiger partial charge on any atom is 0.407 e. The second-order valence-corrected chi connectivity index (χ2v) is 9.65. The van der Waals surface area contributed by atoms with E-state index in [0.29, 0.717) is 18.9 Å². The molecular formula is C27H30N2O6. The van der Waals surface area contributed by atoms with E-state index in [9.17, 15) is 14.4 Å². The van der Waals surface area contributed by atoms with Crippen molar-refractivity contribution in [3.63, 3.8) is 0 Å². The van der Waals surface area contributed by atoms with Crippen molar-refractivity contribution in [2.45, 2.75) is 31.3 Å². The van der Waals surface area contributed by atoms with Gasteiger partial charge in [-0.3, -0.25) is 9.59 Å². The lowest BCUT2D eigenvalue weighted by Crippen LogP contribution is -2.41. The number of hydrogen-bond donors (Lipinski definition) is 2. The van der Waals surface area contributed by atoms with Crippen molar-refractivity contribution < 1.29 is 29.0 Å². The summed E-state index contributed by atoms with van der Waals surface area (Å²) in [7, 11) is 0. The normalized spacial score (nSPS) is 20.7. The Morgan fingerprint density at radius 1 is 1.03 bits per heavy atom. The molecule has 0 spiro atoms. The molecule has 1 saturated heterocycles. The van der Waals surface area contributed by atoms with Gasteiger partial charge >= 0.3 is 12.1 Å². The minimum absolute atomic E-state index is 0.00966. The molecule has 0 unspecified atom stereocenters.